The SMILES string of the molecule is NC1C(=O)N(CC(=O)Nc2ccccc2)c2ccccc21. The number of benzene rings is 2. The molecule has 21 heavy (non-hydrogen) atoms. The highest BCUT2D eigenvalue weighted by Crippen LogP contribution is 2.33. The minimum atomic E-state index is -0.689. The fourth-order valence-corrected chi connectivity index (χ4v) is 2.44. The molecule has 1 unspecified atom stereocenters. The van der Waals surface area contributed by atoms with Crippen LogP contribution in [0.1, 0.15) is 11.6 Å². The van der Waals surface area contributed by atoms with Crippen LogP contribution < -0.4 is 16.0 Å². The van der Waals surface area contributed by atoms with Crippen molar-refractivity contribution in [1.82, 2.24) is 0 Å². The number of rotatable bonds is 3. The van der Waals surface area contributed by atoms with Gasteiger partial charge in [0.2, 0.25) is 11.8 Å². The van der Waals surface area contributed by atoms with Crippen molar-refractivity contribution >= 4 is 23.2 Å². The lowest BCUT2D eigenvalue weighted by Gasteiger charge is -2.17. The van der Waals surface area contributed by atoms with Crippen LogP contribution in [-0.2, 0) is 9.59 Å². The van der Waals surface area contributed by atoms with Crippen molar-refractivity contribution in [2.45, 2.75) is 6.04 Å². The van der Waals surface area contributed by atoms with Gasteiger partial charge in [0, 0.05) is 16.9 Å². The molecule has 0 bridgehead atoms. The Morgan fingerprint density at radius 1 is 1.10 bits per heavy atom. The molecule has 3 rings (SSSR count). The Balaban J connectivity index is 1.76. The highest BCUT2D eigenvalue weighted by atomic mass is 16.2. The summed E-state index contributed by atoms with van der Waals surface area (Å²) in [7, 11) is 0. The maximum Gasteiger partial charge on any atom is 0.249 e. The smallest absolute Gasteiger partial charge is 0.249 e. The van der Waals surface area contributed by atoms with Crippen LogP contribution in [0.5, 0.6) is 0 Å². The lowest BCUT2D eigenvalue weighted by atomic mass is 10.1. The predicted molar refractivity (Wildman–Crippen MR) is 80.8 cm³/mol. The van der Waals surface area contributed by atoms with Crippen LogP contribution in [0.15, 0.2) is 54.6 Å². The Kier molecular flexibility index (Phi) is 3.41. The van der Waals surface area contributed by atoms with Gasteiger partial charge in [-0.05, 0) is 18.2 Å². The number of hydrogen-bond donors (Lipinski definition) is 2. The Bertz CT molecular complexity index is 685. The molecule has 106 valence electrons. The molecule has 1 aliphatic heterocycles. The van der Waals surface area contributed by atoms with Crippen LogP contribution in [0.4, 0.5) is 11.4 Å². The quantitative estimate of drug-likeness (QED) is 0.898. The van der Waals surface area contributed by atoms with Crippen LogP contribution in [-0.4, -0.2) is 18.4 Å². The van der Waals surface area contributed by atoms with Gasteiger partial charge in [-0.2, -0.15) is 0 Å². The number of para-hydroxylation sites is 2. The van der Waals surface area contributed by atoms with E-state index in [2.05, 4.69) is 5.32 Å². The first-order valence-electron chi connectivity index (χ1n) is 6.67. The zero-order valence-corrected chi connectivity index (χ0v) is 11.3. The van der Waals surface area contributed by atoms with Crippen LogP contribution in [0, 0.1) is 0 Å². The number of nitrogens with two attached hydrogens (primary N) is 1. The van der Waals surface area contributed by atoms with Crippen molar-refractivity contribution in [2.24, 2.45) is 5.73 Å². The summed E-state index contributed by atoms with van der Waals surface area (Å²) in [6.45, 7) is -0.0432. The van der Waals surface area contributed by atoms with Gasteiger partial charge in [-0.3, -0.25) is 9.59 Å². The molecule has 0 aliphatic carbocycles. The van der Waals surface area contributed by atoms with E-state index in [1.54, 1.807) is 18.2 Å². The first-order chi connectivity index (χ1) is 10.2. The molecule has 5 nitrogen and oxygen atoms in total. The second-order valence-corrected chi connectivity index (χ2v) is 4.88. The maximum atomic E-state index is 12.2. The Hall–Kier alpha value is -2.66. The van der Waals surface area contributed by atoms with Crippen LogP contribution in [0.3, 0.4) is 0 Å². The van der Waals surface area contributed by atoms with Gasteiger partial charge < -0.3 is 16.0 Å². The summed E-state index contributed by atoms with van der Waals surface area (Å²) in [6, 6.07) is 15.7. The average Bonchev–Trinajstić information content (AvgIpc) is 2.74. The highest BCUT2D eigenvalue weighted by molar-refractivity contribution is 6.09. The van der Waals surface area contributed by atoms with Gasteiger partial charge in [0.25, 0.3) is 0 Å². The number of carbonyl (C=O) groups excluding carboxylic acids is 2. The molecule has 0 radical (unpaired) electrons. The van der Waals surface area contributed by atoms with Crippen molar-refractivity contribution in [3.05, 3.63) is 60.2 Å². The third kappa shape index (κ3) is 2.51. The lowest BCUT2D eigenvalue weighted by molar-refractivity contribution is -0.121. The summed E-state index contributed by atoms with van der Waals surface area (Å²) >= 11 is 0. The molecule has 5 heteroatoms. The van der Waals surface area contributed by atoms with E-state index >= 15 is 0 Å². The maximum absolute atomic E-state index is 12.2. The van der Waals surface area contributed by atoms with Gasteiger partial charge in [-0.1, -0.05) is 36.4 Å². The van der Waals surface area contributed by atoms with Crippen LogP contribution in [0.25, 0.3) is 0 Å². The number of fused-ring (bicyclic) bond motifs is 1. The molecule has 1 atom stereocenters. The Labute approximate surface area is 122 Å². The third-order valence-electron chi connectivity index (χ3n) is 3.45. The average molecular weight is 281 g/mol. The van der Waals surface area contributed by atoms with E-state index in [1.165, 1.54) is 4.90 Å². The van der Waals surface area contributed by atoms with E-state index in [0.29, 0.717) is 11.4 Å². The van der Waals surface area contributed by atoms with E-state index < -0.39 is 6.04 Å². The van der Waals surface area contributed by atoms with Gasteiger partial charge in [-0.25, -0.2) is 0 Å². The molecule has 0 spiro atoms. The standard InChI is InChI=1S/C16H15N3O2/c17-15-12-8-4-5-9-13(12)19(16(15)21)10-14(20)18-11-6-2-1-3-7-11/h1-9,15H,10,17H2,(H,18,20). The lowest BCUT2D eigenvalue weighted by Crippen LogP contribution is -2.38. The minimum absolute atomic E-state index is 0.0432. The fraction of sp³-hybridized carbons (Fsp3) is 0.125. The van der Waals surface area contributed by atoms with E-state index in [1.807, 2.05) is 36.4 Å². The second kappa shape index (κ2) is 5.38. The predicted octanol–water partition coefficient (Wildman–Crippen LogP) is 1.67. The van der Waals surface area contributed by atoms with E-state index in [-0.39, 0.29) is 18.4 Å². The van der Waals surface area contributed by atoms with Gasteiger partial charge >= 0.3 is 0 Å². The largest absolute Gasteiger partial charge is 0.325 e. The van der Waals surface area contributed by atoms with E-state index in [4.69, 9.17) is 5.73 Å². The number of anilines is 2. The first kappa shape index (κ1) is 13.3. The van der Waals surface area contributed by atoms with Gasteiger partial charge in [0.05, 0.1) is 0 Å². The highest BCUT2D eigenvalue weighted by Gasteiger charge is 2.35. The number of nitrogens with zero attached hydrogens (tertiary/aromatic N) is 1. The first-order valence-corrected chi connectivity index (χ1v) is 6.67. The summed E-state index contributed by atoms with van der Waals surface area (Å²) in [4.78, 5) is 25.7. The van der Waals surface area contributed by atoms with Crippen molar-refractivity contribution in [3.63, 3.8) is 0 Å². The summed E-state index contributed by atoms with van der Waals surface area (Å²) in [5.41, 5.74) is 8.05. The molecule has 1 heterocycles. The Morgan fingerprint density at radius 2 is 1.76 bits per heavy atom. The molecule has 0 saturated carbocycles. The molecule has 2 amide bonds. The van der Waals surface area contributed by atoms with Crippen LogP contribution >= 0.6 is 0 Å². The molecule has 2 aromatic rings. The van der Waals surface area contributed by atoms with E-state index in [0.717, 1.165) is 5.56 Å². The van der Waals surface area contributed by atoms with Crippen molar-refractivity contribution in [3.8, 4) is 0 Å². The van der Waals surface area contributed by atoms with Gasteiger partial charge in [0.15, 0.2) is 0 Å². The topological polar surface area (TPSA) is 75.4 Å². The number of hydrogen-bond acceptors (Lipinski definition) is 3. The molecule has 0 aromatic heterocycles. The van der Waals surface area contributed by atoms with Gasteiger partial charge in [-0.15, -0.1) is 0 Å². The molecule has 2 aromatic carbocycles. The number of amides is 2. The molecular weight excluding hydrogens is 266 g/mol. The molecule has 3 N–H and O–H groups in total. The molecule has 0 fully saturated rings. The summed E-state index contributed by atoms with van der Waals surface area (Å²) < 4.78 is 0. The molecule has 1 aliphatic rings. The molecule has 0 saturated heterocycles. The minimum Gasteiger partial charge on any atom is -0.325 e. The Morgan fingerprint density at radius 3 is 2.52 bits per heavy atom. The molecular formula is C16H15N3O2. The van der Waals surface area contributed by atoms with Crippen molar-refractivity contribution in [1.29, 1.82) is 0 Å². The van der Waals surface area contributed by atoms with Crippen LogP contribution in [0.2, 0.25) is 0 Å². The fourth-order valence-electron chi connectivity index (χ4n) is 2.44. The summed E-state index contributed by atoms with van der Waals surface area (Å²) in [6.07, 6.45) is 0. The normalized spacial score (nSPS) is 16.7. The number of nitrogens with one attached hydrogen (secondary N) is 1. The van der Waals surface area contributed by atoms with Crippen molar-refractivity contribution < 1.29 is 9.59 Å². The zero-order valence-electron chi connectivity index (χ0n) is 11.3. The van der Waals surface area contributed by atoms with E-state index in [9.17, 15) is 9.59 Å². The van der Waals surface area contributed by atoms with Gasteiger partial charge in [0.1, 0.15) is 12.6 Å². The monoisotopic (exact) mass is 281 g/mol. The summed E-state index contributed by atoms with van der Waals surface area (Å²) in [5.74, 6) is -0.502. The second-order valence-electron chi connectivity index (χ2n) is 4.88. The summed E-state index contributed by atoms with van der Waals surface area (Å²) in [5, 5.41) is 2.76. The number of carbonyl (C=O) groups is 2. The van der Waals surface area contributed by atoms with Crippen molar-refractivity contribution in [2.75, 3.05) is 16.8 Å². The zero-order chi connectivity index (χ0) is 14.8. The third-order valence-corrected chi connectivity index (χ3v) is 3.45.